The van der Waals surface area contributed by atoms with Crippen LogP contribution in [-0.4, -0.2) is 19.3 Å². The molecule has 2 unspecified atom stereocenters. The minimum absolute atomic E-state index is 0. The second-order valence-corrected chi connectivity index (χ2v) is 2.72. The molecule has 2 nitrogen and oxygen atoms in total. The normalized spacial score (nSPS) is 33.0. The summed E-state index contributed by atoms with van der Waals surface area (Å²) >= 11 is 0. The van der Waals surface area contributed by atoms with Crippen molar-refractivity contribution in [1.82, 2.24) is 0 Å². The van der Waals surface area contributed by atoms with E-state index in [0.717, 1.165) is 12.8 Å². The Morgan fingerprint density at radius 3 is 2.30 bits per heavy atom. The zero-order chi connectivity index (χ0) is 6.69. The molecule has 10 heavy (non-hydrogen) atoms. The molecule has 0 saturated heterocycles. The molecule has 0 aromatic rings. The Bertz CT molecular complexity index is 89.7. The first-order chi connectivity index (χ1) is 4.34. The van der Waals surface area contributed by atoms with E-state index in [9.17, 15) is 0 Å². The van der Waals surface area contributed by atoms with Gasteiger partial charge in [0.2, 0.25) is 0 Å². The maximum Gasteiger partial charge on any atom is 0.0722 e. The lowest BCUT2D eigenvalue weighted by molar-refractivity contribution is 0.0545. The third-order valence-corrected chi connectivity index (χ3v) is 2.06. The van der Waals surface area contributed by atoms with Gasteiger partial charge >= 0.3 is 0 Å². The van der Waals surface area contributed by atoms with Crippen molar-refractivity contribution < 1.29 is 4.74 Å². The molecular weight excluding hydrogens is 150 g/mol. The van der Waals surface area contributed by atoms with Crippen molar-refractivity contribution in [2.24, 2.45) is 5.73 Å². The smallest absolute Gasteiger partial charge is 0.0722 e. The van der Waals surface area contributed by atoms with Gasteiger partial charge in [0.15, 0.2) is 0 Å². The molecule has 0 radical (unpaired) electrons. The van der Waals surface area contributed by atoms with Gasteiger partial charge < -0.3 is 10.5 Å². The summed E-state index contributed by atoms with van der Waals surface area (Å²) in [4.78, 5) is 0. The molecule has 0 spiro atoms. The van der Waals surface area contributed by atoms with Crippen molar-refractivity contribution in [3.63, 3.8) is 0 Å². The van der Waals surface area contributed by atoms with Crippen LogP contribution in [0, 0.1) is 0 Å². The predicted molar refractivity (Wildman–Crippen MR) is 44.5 cm³/mol. The summed E-state index contributed by atoms with van der Waals surface area (Å²) in [5.74, 6) is 0. The summed E-state index contributed by atoms with van der Waals surface area (Å²) in [5.41, 5.74) is 5.76. The highest BCUT2D eigenvalue weighted by Gasteiger charge is 2.20. The molecule has 1 aliphatic rings. The van der Waals surface area contributed by atoms with Crippen LogP contribution in [-0.2, 0) is 4.74 Å². The fourth-order valence-corrected chi connectivity index (χ4v) is 1.42. The second-order valence-electron chi connectivity index (χ2n) is 2.72. The van der Waals surface area contributed by atoms with Crippen LogP contribution in [0.3, 0.4) is 0 Å². The molecule has 2 atom stereocenters. The zero-order valence-electron chi connectivity index (χ0n) is 6.38. The van der Waals surface area contributed by atoms with Gasteiger partial charge in [0, 0.05) is 13.2 Å². The lowest BCUT2D eigenvalue weighted by Gasteiger charge is -2.26. The van der Waals surface area contributed by atoms with Crippen LogP contribution in [0.15, 0.2) is 0 Å². The first-order valence-electron chi connectivity index (χ1n) is 3.63. The molecule has 0 amide bonds. The molecule has 2 N–H and O–H groups in total. The fraction of sp³-hybridized carbons (Fsp3) is 1.00. The third-order valence-electron chi connectivity index (χ3n) is 2.06. The minimum Gasteiger partial charge on any atom is -0.380 e. The summed E-state index contributed by atoms with van der Waals surface area (Å²) in [6.07, 6.45) is 5.18. The Hall–Kier alpha value is 0.210. The van der Waals surface area contributed by atoms with Crippen molar-refractivity contribution in [3.8, 4) is 0 Å². The van der Waals surface area contributed by atoms with E-state index in [1.807, 2.05) is 0 Å². The van der Waals surface area contributed by atoms with Crippen molar-refractivity contribution in [1.29, 1.82) is 0 Å². The average Bonchev–Trinajstić information content (AvgIpc) is 1.89. The quantitative estimate of drug-likeness (QED) is 0.636. The van der Waals surface area contributed by atoms with Gasteiger partial charge in [-0.15, -0.1) is 12.4 Å². The van der Waals surface area contributed by atoms with Crippen molar-refractivity contribution in [3.05, 3.63) is 0 Å². The fourth-order valence-electron chi connectivity index (χ4n) is 1.42. The van der Waals surface area contributed by atoms with Crippen LogP contribution in [0.1, 0.15) is 25.7 Å². The van der Waals surface area contributed by atoms with Gasteiger partial charge in [0.05, 0.1) is 6.10 Å². The second kappa shape index (κ2) is 4.94. The van der Waals surface area contributed by atoms with Gasteiger partial charge in [-0.2, -0.15) is 0 Å². The van der Waals surface area contributed by atoms with Crippen molar-refractivity contribution >= 4 is 12.4 Å². The maximum atomic E-state index is 5.76. The Morgan fingerprint density at radius 2 is 1.90 bits per heavy atom. The highest BCUT2D eigenvalue weighted by atomic mass is 35.5. The summed E-state index contributed by atoms with van der Waals surface area (Å²) in [7, 11) is 1.75. The van der Waals surface area contributed by atoms with Crippen LogP contribution >= 0.6 is 12.4 Å². The molecular formula is C7H16ClNO. The Balaban J connectivity index is 0.000000810. The van der Waals surface area contributed by atoms with Gasteiger partial charge in [0.25, 0.3) is 0 Å². The lowest BCUT2D eigenvalue weighted by atomic mass is 9.93. The largest absolute Gasteiger partial charge is 0.380 e. The van der Waals surface area contributed by atoms with Crippen LogP contribution in [0.25, 0.3) is 0 Å². The number of halogens is 1. The van der Waals surface area contributed by atoms with Crippen LogP contribution in [0.5, 0.6) is 0 Å². The maximum absolute atomic E-state index is 5.76. The van der Waals surface area contributed by atoms with E-state index in [2.05, 4.69) is 0 Å². The van der Waals surface area contributed by atoms with Crippen LogP contribution in [0.4, 0.5) is 0 Å². The van der Waals surface area contributed by atoms with Gasteiger partial charge in [-0.05, 0) is 12.8 Å². The summed E-state index contributed by atoms with van der Waals surface area (Å²) in [5, 5.41) is 0. The number of hydrogen-bond acceptors (Lipinski definition) is 2. The lowest BCUT2D eigenvalue weighted by Crippen LogP contribution is -2.38. The van der Waals surface area contributed by atoms with E-state index >= 15 is 0 Å². The van der Waals surface area contributed by atoms with Gasteiger partial charge in [-0.1, -0.05) is 12.8 Å². The molecule has 0 aromatic carbocycles. The molecule has 1 saturated carbocycles. The topological polar surface area (TPSA) is 35.2 Å². The third kappa shape index (κ3) is 2.45. The Kier molecular flexibility index (Phi) is 5.04. The van der Waals surface area contributed by atoms with Gasteiger partial charge in [0.1, 0.15) is 0 Å². The molecule has 1 fully saturated rings. The SMILES string of the molecule is COC1CCCCC1N.Cl. The minimum atomic E-state index is 0. The van der Waals surface area contributed by atoms with E-state index in [1.54, 1.807) is 7.11 Å². The first kappa shape index (κ1) is 10.2. The van der Waals surface area contributed by atoms with E-state index in [4.69, 9.17) is 10.5 Å². The number of ether oxygens (including phenoxy) is 1. The van der Waals surface area contributed by atoms with E-state index in [0.29, 0.717) is 12.1 Å². The average molecular weight is 166 g/mol. The molecule has 1 rings (SSSR count). The van der Waals surface area contributed by atoms with Crippen LogP contribution in [0.2, 0.25) is 0 Å². The summed E-state index contributed by atoms with van der Waals surface area (Å²) in [6.45, 7) is 0. The molecule has 0 heterocycles. The van der Waals surface area contributed by atoms with Crippen molar-refractivity contribution in [2.45, 2.75) is 37.8 Å². The molecule has 3 heteroatoms. The number of hydrogen-bond donors (Lipinski definition) is 1. The van der Waals surface area contributed by atoms with E-state index in [-0.39, 0.29) is 12.4 Å². The molecule has 0 aromatic heterocycles. The summed E-state index contributed by atoms with van der Waals surface area (Å²) in [6, 6.07) is 0.295. The zero-order valence-corrected chi connectivity index (χ0v) is 7.19. The monoisotopic (exact) mass is 165 g/mol. The first-order valence-corrected chi connectivity index (χ1v) is 3.63. The Labute approximate surface area is 68.5 Å². The highest BCUT2D eigenvalue weighted by molar-refractivity contribution is 5.85. The number of methoxy groups -OCH3 is 1. The van der Waals surface area contributed by atoms with Crippen LogP contribution < -0.4 is 5.73 Å². The molecule has 0 aliphatic heterocycles. The predicted octanol–water partition coefficient (Wildman–Crippen LogP) is 1.32. The summed E-state index contributed by atoms with van der Waals surface area (Å²) < 4.78 is 5.18. The standard InChI is InChI=1S/C7H15NO.ClH/c1-9-7-5-3-2-4-6(7)8;/h6-7H,2-5,8H2,1H3;1H. The number of nitrogens with two attached hydrogens (primary N) is 1. The van der Waals surface area contributed by atoms with Gasteiger partial charge in [-0.25, -0.2) is 0 Å². The van der Waals surface area contributed by atoms with E-state index < -0.39 is 0 Å². The molecule has 0 bridgehead atoms. The Morgan fingerprint density at radius 1 is 1.30 bits per heavy atom. The highest BCUT2D eigenvalue weighted by Crippen LogP contribution is 2.18. The van der Waals surface area contributed by atoms with E-state index in [1.165, 1.54) is 12.8 Å². The van der Waals surface area contributed by atoms with Gasteiger partial charge in [-0.3, -0.25) is 0 Å². The molecule has 1 aliphatic carbocycles. The molecule has 62 valence electrons. The number of rotatable bonds is 1. The van der Waals surface area contributed by atoms with Crippen molar-refractivity contribution in [2.75, 3.05) is 7.11 Å².